The molecule has 0 aliphatic carbocycles. The van der Waals surface area contributed by atoms with Gasteiger partial charge in [-0.15, -0.1) is 13.2 Å². The number of amides is 1. The molecular weight excluding hydrogens is 475 g/mol. The maximum absolute atomic E-state index is 13.7. The molecule has 0 spiro atoms. The highest BCUT2D eigenvalue weighted by molar-refractivity contribution is 6.10. The van der Waals surface area contributed by atoms with Gasteiger partial charge in [0.2, 0.25) is 0 Å². The molecule has 1 amide bonds. The zero-order chi connectivity index (χ0) is 24.7. The van der Waals surface area contributed by atoms with Crippen molar-refractivity contribution in [3.63, 3.8) is 0 Å². The van der Waals surface area contributed by atoms with Crippen molar-refractivity contribution in [1.29, 1.82) is 0 Å². The average molecular weight is 487 g/mol. The number of nitrogens with zero attached hydrogens (tertiary/aromatic N) is 3. The van der Waals surface area contributed by atoms with E-state index in [4.69, 9.17) is 4.74 Å². The molecule has 0 radical (unpaired) electrons. The first-order valence-electron chi connectivity index (χ1n) is 9.42. The molecule has 34 heavy (non-hydrogen) atoms. The van der Waals surface area contributed by atoms with E-state index in [1.165, 1.54) is 18.3 Å². The van der Waals surface area contributed by atoms with Crippen LogP contribution in [0.2, 0.25) is 0 Å². The number of ether oxygens (including phenoxy) is 2. The van der Waals surface area contributed by atoms with Gasteiger partial charge >= 0.3 is 12.5 Å². The Morgan fingerprint density at radius 2 is 1.74 bits per heavy atom. The maximum Gasteiger partial charge on any atom is 0.573 e. The van der Waals surface area contributed by atoms with Crippen LogP contribution in [0.5, 0.6) is 11.5 Å². The highest BCUT2D eigenvalue weighted by Crippen LogP contribution is 2.38. The Balaban J connectivity index is 1.66. The Morgan fingerprint density at radius 3 is 2.38 bits per heavy atom. The molecule has 6 nitrogen and oxygen atoms in total. The van der Waals surface area contributed by atoms with Crippen LogP contribution in [-0.2, 0) is 6.54 Å². The second-order valence-electron chi connectivity index (χ2n) is 7.02. The van der Waals surface area contributed by atoms with Crippen molar-refractivity contribution < 1.29 is 45.0 Å². The number of carbonyl (C=O) groups is 1. The summed E-state index contributed by atoms with van der Waals surface area (Å²) in [5.41, 5.74) is 0.559. The predicted molar refractivity (Wildman–Crippen MR) is 103 cm³/mol. The summed E-state index contributed by atoms with van der Waals surface area (Å²) in [6.07, 6.45) is -7.54. The SMILES string of the molecule is O=C1c2ccnc(-c3ccc(F)cc3OCC(F)(F)F)c2CN1c1ccc(OC(F)(F)F)cn1. The van der Waals surface area contributed by atoms with Crippen molar-refractivity contribution >= 4 is 11.7 Å². The van der Waals surface area contributed by atoms with Gasteiger partial charge in [-0.25, -0.2) is 9.37 Å². The number of alkyl halides is 6. The number of benzene rings is 1. The monoisotopic (exact) mass is 487 g/mol. The van der Waals surface area contributed by atoms with Gasteiger partial charge in [0.1, 0.15) is 23.1 Å². The normalized spacial score (nSPS) is 13.7. The van der Waals surface area contributed by atoms with Gasteiger partial charge in [-0.05, 0) is 30.3 Å². The molecule has 0 saturated heterocycles. The van der Waals surface area contributed by atoms with Gasteiger partial charge in [0.15, 0.2) is 6.61 Å². The minimum atomic E-state index is -4.91. The second-order valence-corrected chi connectivity index (χ2v) is 7.02. The van der Waals surface area contributed by atoms with Crippen molar-refractivity contribution in [2.24, 2.45) is 0 Å². The topological polar surface area (TPSA) is 64.5 Å². The number of hydrogen-bond acceptors (Lipinski definition) is 5. The standard InChI is InChI=1S/C21H12F7N3O3/c22-11-1-3-14(16(7-11)33-10-20(23,24)25)18-15-9-31(19(32)13(15)5-6-29-18)17-4-2-12(8-30-17)34-21(26,27)28/h1-8H,9-10H2. The fraction of sp³-hybridized carbons (Fsp3) is 0.190. The molecule has 4 rings (SSSR count). The third-order valence-electron chi connectivity index (χ3n) is 4.67. The Kier molecular flexibility index (Phi) is 5.79. The van der Waals surface area contributed by atoms with Gasteiger partial charge in [0, 0.05) is 29.0 Å². The summed E-state index contributed by atoms with van der Waals surface area (Å²) in [6, 6.07) is 6.46. The lowest BCUT2D eigenvalue weighted by molar-refractivity contribution is -0.274. The number of carbonyl (C=O) groups excluding carboxylic acids is 1. The van der Waals surface area contributed by atoms with Gasteiger partial charge in [-0.2, -0.15) is 13.2 Å². The first-order chi connectivity index (χ1) is 15.9. The minimum absolute atomic E-state index is 0.00863. The molecule has 0 bridgehead atoms. The van der Waals surface area contributed by atoms with Gasteiger partial charge in [0.25, 0.3) is 5.91 Å². The van der Waals surface area contributed by atoms with Crippen LogP contribution < -0.4 is 14.4 Å². The minimum Gasteiger partial charge on any atom is -0.483 e. The van der Waals surface area contributed by atoms with E-state index in [9.17, 15) is 35.5 Å². The van der Waals surface area contributed by atoms with E-state index in [1.807, 2.05) is 0 Å². The van der Waals surface area contributed by atoms with Crippen molar-refractivity contribution in [3.05, 3.63) is 65.7 Å². The Bertz CT molecular complexity index is 1230. The van der Waals surface area contributed by atoms with Crippen LogP contribution in [0, 0.1) is 5.82 Å². The van der Waals surface area contributed by atoms with E-state index in [0.717, 1.165) is 35.4 Å². The first-order valence-corrected chi connectivity index (χ1v) is 9.42. The largest absolute Gasteiger partial charge is 0.573 e. The molecule has 0 N–H and O–H groups in total. The van der Waals surface area contributed by atoms with E-state index in [2.05, 4.69) is 14.7 Å². The van der Waals surface area contributed by atoms with E-state index in [-0.39, 0.29) is 29.2 Å². The van der Waals surface area contributed by atoms with Gasteiger partial charge in [-0.1, -0.05) is 0 Å². The van der Waals surface area contributed by atoms with Crippen LogP contribution >= 0.6 is 0 Å². The van der Waals surface area contributed by atoms with Crippen molar-refractivity contribution in [3.8, 4) is 22.8 Å². The summed E-state index contributed by atoms with van der Waals surface area (Å²) in [7, 11) is 0. The molecule has 3 aromatic rings. The number of fused-ring (bicyclic) bond motifs is 1. The van der Waals surface area contributed by atoms with Crippen LogP contribution in [0.15, 0.2) is 48.8 Å². The average Bonchev–Trinajstić information content (AvgIpc) is 3.08. The molecule has 178 valence electrons. The predicted octanol–water partition coefficient (Wildman–Crippen LogP) is 5.28. The molecule has 13 heteroatoms. The number of aromatic nitrogens is 2. The van der Waals surface area contributed by atoms with Crippen LogP contribution in [0.1, 0.15) is 15.9 Å². The van der Waals surface area contributed by atoms with Gasteiger partial charge in [0.05, 0.1) is 18.4 Å². The number of pyridine rings is 2. The Hall–Kier alpha value is -3.90. The lowest BCUT2D eigenvalue weighted by Crippen LogP contribution is -2.24. The number of halogens is 7. The number of anilines is 1. The van der Waals surface area contributed by atoms with Crippen LogP contribution in [0.25, 0.3) is 11.3 Å². The maximum atomic E-state index is 13.7. The van der Waals surface area contributed by atoms with Crippen LogP contribution in [-0.4, -0.2) is 35.0 Å². The lowest BCUT2D eigenvalue weighted by atomic mass is 10.0. The first kappa shape index (κ1) is 23.3. The summed E-state index contributed by atoms with van der Waals surface area (Å²) in [5, 5.41) is 0. The van der Waals surface area contributed by atoms with E-state index < -0.39 is 42.4 Å². The van der Waals surface area contributed by atoms with E-state index >= 15 is 0 Å². The summed E-state index contributed by atoms with van der Waals surface area (Å²) >= 11 is 0. The zero-order valence-electron chi connectivity index (χ0n) is 16.7. The van der Waals surface area contributed by atoms with Crippen molar-refractivity contribution in [2.45, 2.75) is 19.1 Å². The third kappa shape index (κ3) is 5.02. The quantitative estimate of drug-likeness (QED) is 0.458. The summed E-state index contributed by atoms with van der Waals surface area (Å²) < 4.78 is 97.2. The summed E-state index contributed by atoms with van der Waals surface area (Å²) in [4.78, 5) is 22.0. The highest BCUT2D eigenvalue weighted by Gasteiger charge is 2.35. The second kappa shape index (κ2) is 8.47. The van der Waals surface area contributed by atoms with Crippen molar-refractivity contribution in [1.82, 2.24) is 9.97 Å². The molecule has 2 aromatic heterocycles. The van der Waals surface area contributed by atoms with Crippen LogP contribution in [0.3, 0.4) is 0 Å². The van der Waals surface area contributed by atoms with E-state index in [0.29, 0.717) is 5.56 Å². The molecule has 0 atom stereocenters. The zero-order valence-corrected chi connectivity index (χ0v) is 16.7. The number of hydrogen-bond donors (Lipinski definition) is 0. The summed E-state index contributed by atoms with van der Waals surface area (Å²) in [5.74, 6) is -2.39. The van der Waals surface area contributed by atoms with Crippen molar-refractivity contribution in [2.75, 3.05) is 11.5 Å². The molecule has 1 aliphatic heterocycles. The summed E-state index contributed by atoms with van der Waals surface area (Å²) in [6.45, 7) is -1.81. The smallest absolute Gasteiger partial charge is 0.483 e. The van der Waals surface area contributed by atoms with Gasteiger partial charge < -0.3 is 9.47 Å². The molecule has 1 aliphatic rings. The highest BCUT2D eigenvalue weighted by atomic mass is 19.4. The molecule has 1 aromatic carbocycles. The lowest BCUT2D eigenvalue weighted by Gasteiger charge is -2.16. The Labute approximate surface area is 186 Å². The molecule has 0 fully saturated rings. The molecular formula is C21H12F7N3O3. The molecule has 0 saturated carbocycles. The molecule has 3 heterocycles. The Morgan fingerprint density at radius 1 is 0.971 bits per heavy atom. The van der Waals surface area contributed by atoms with Gasteiger partial charge in [-0.3, -0.25) is 14.7 Å². The third-order valence-corrected chi connectivity index (χ3v) is 4.67. The fourth-order valence-corrected chi connectivity index (χ4v) is 3.34. The van der Waals surface area contributed by atoms with E-state index in [1.54, 1.807) is 0 Å². The fourth-order valence-electron chi connectivity index (χ4n) is 3.34. The van der Waals surface area contributed by atoms with Crippen LogP contribution in [0.4, 0.5) is 36.6 Å². The molecule has 0 unspecified atom stereocenters. The number of rotatable bonds is 5.